The molecule has 5 nitrogen and oxygen atoms in total. The first-order chi connectivity index (χ1) is 12.3. The SMILES string of the molecule is CN(C)c1ccc(NC(=O)c2ccc(Cl)cc2Cl)cc1C(=O)NC1CC1. The van der Waals surface area contributed by atoms with E-state index in [1.807, 2.05) is 19.0 Å². The van der Waals surface area contributed by atoms with Crippen LogP contribution in [0, 0.1) is 0 Å². The van der Waals surface area contributed by atoms with Crippen molar-refractivity contribution in [3.63, 3.8) is 0 Å². The quantitative estimate of drug-likeness (QED) is 0.802. The van der Waals surface area contributed by atoms with Crippen LogP contribution in [0.1, 0.15) is 33.6 Å². The van der Waals surface area contributed by atoms with Gasteiger partial charge >= 0.3 is 0 Å². The predicted octanol–water partition coefficient (Wildman–Crippen LogP) is 4.20. The molecule has 1 aliphatic rings. The second-order valence-electron chi connectivity index (χ2n) is 6.45. The van der Waals surface area contributed by atoms with E-state index in [0.29, 0.717) is 21.8 Å². The molecule has 136 valence electrons. The lowest BCUT2D eigenvalue weighted by atomic mass is 10.1. The van der Waals surface area contributed by atoms with E-state index >= 15 is 0 Å². The van der Waals surface area contributed by atoms with Gasteiger partial charge in [0.1, 0.15) is 0 Å². The van der Waals surface area contributed by atoms with E-state index < -0.39 is 0 Å². The lowest BCUT2D eigenvalue weighted by Crippen LogP contribution is -2.27. The molecular weight excluding hydrogens is 373 g/mol. The molecule has 0 aromatic heterocycles. The van der Waals surface area contributed by atoms with Crippen LogP contribution in [0.4, 0.5) is 11.4 Å². The molecule has 0 bridgehead atoms. The van der Waals surface area contributed by atoms with Crippen LogP contribution in [0.15, 0.2) is 36.4 Å². The number of rotatable bonds is 5. The number of hydrogen-bond acceptors (Lipinski definition) is 3. The first-order valence-corrected chi connectivity index (χ1v) is 8.99. The summed E-state index contributed by atoms with van der Waals surface area (Å²) in [5.41, 5.74) is 2.14. The number of carbonyl (C=O) groups excluding carboxylic acids is 2. The van der Waals surface area contributed by atoms with E-state index in [9.17, 15) is 9.59 Å². The first-order valence-electron chi connectivity index (χ1n) is 8.24. The fourth-order valence-electron chi connectivity index (χ4n) is 2.55. The highest BCUT2D eigenvalue weighted by Crippen LogP contribution is 2.27. The molecule has 1 aliphatic carbocycles. The third-order valence-electron chi connectivity index (χ3n) is 4.07. The second-order valence-corrected chi connectivity index (χ2v) is 7.30. The second kappa shape index (κ2) is 7.56. The molecule has 2 amide bonds. The van der Waals surface area contributed by atoms with Gasteiger partial charge < -0.3 is 15.5 Å². The van der Waals surface area contributed by atoms with Crippen LogP contribution in [0.25, 0.3) is 0 Å². The van der Waals surface area contributed by atoms with Crippen molar-refractivity contribution in [1.82, 2.24) is 5.32 Å². The van der Waals surface area contributed by atoms with Gasteiger partial charge in [0, 0.05) is 36.5 Å². The minimum Gasteiger partial charge on any atom is -0.377 e. The van der Waals surface area contributed by atoms with E-state index in [0.717, 1.165) is 18.5 Å². The van der Waals surface area contributed by atoms with Gasteiger partial charge in [-0.25, -0.2) is 0 Å². The van der Waals surface area contributed by atoms with Gasteiger partial charge in [-0.3, -0.25) is 9.59 Å². The normalized spacial score (nSPS) is 13.2. The lowest BCUT2D eigenvalue weighted by Gasteiger charge is -2.18. The van der Waals surface area contributed by atoms with Gasteiger partial charge in [0.2, 0.25) is 0 Å². The van der Waals surface area contributed by atoms with Gasteiger partial charge in [0.05, 0.1) is 16.1 Å². The van der Waals surface area contributed by atoms with Crippen molar-refractivity contribution in [2.45, 2.75) is 18.9 Å². The number of anilines is 2. The van der Waals surface area contributed by atoms with Crippen molar-refractivity contribution in [1.29, 1.82) is 0 Å². The number of benzene rings is 2. The molecule has 0 radical (unpaired) electrons. The van der Waals surface area contributed by atoms with E-state index in [2.05, 4.69) is 10.6 Å². The maximum atomic E-state index is 12.5. The Labute approximate surface area is 162 Å². The van der Waals surface area contributed by atoms with Crippen molar-refractivity contribution >= 4 is 46.4 Å². The average Bonchev–Trinajstić information content (AvgIpc) is 3.38. The molecule has 7 heteroatoms. The van der Waals surface area contributed by atoms with Crippen LogP contribution >= 0.6 is 23.2 Å². The monoisotopic (exact) mass is 391 g/mol. The standard InChI is InChI=1S/C19H19Cl2N3O2/c1-24(2)17-8-6-13(10-15(17)19(26)22-12-4-5-12)23-18(25)14-7-3-11(20)9-16(14)21/h3,6-10,12H,4-5H2,1-2H3,(H,22,26)(H,23,25). The highest BCUT2D eigenvalue weighted by molar-refractivity contribution is 6.37. The van der Waals surface area contributed by atoms with Crippen LogP contribution in [0.5, 0.6) is 0 Å². The molecule has 1 fully saturated rings. The van der Waals surface area contributed by atoms with Crippen LogP contribution in [-0.2, 0) is 0 Å². The van der Waals surface area contributed by atoms with Gasteiger partial charge in [-0.15, -0.1) is 0 Å². The van der Waals surface area contributed by atoms with Crippen molar-refractivity contribution in [2.24, 2.45) is 0 Å². The van der Waals surface area contributed by atoms with Gasteiger partial charge in [-0.1, -0.05) is 23.2 Å². The smallest absolute Gasteiger partial charge is 0.257 e. The zero-order valence-electron chi connectivity index (χ0n) is 14.5. The number of carbonyl (C=O) groups is 2. The molecule has 1 saturated carbocycles. The topological polar surface area (TPSA) is 61.4 Å². The Kier molecular flexibility index (Phi) is 5.39. The van der Waals surface area contributed by atoms with E-state index in [1.165, 1.54) is 6.07 Å². The molecule has 0 spiro atoms. The molecule has 2 N–H and O–H groups in total. The minimum atomic E-state index is -0.363. The number of halogens is 2. The summed E-state index contributed by atoms with van der Waals surface area (Å²) in [5.74, 6) is -0.505. The Hall–Kier alpha value is -2.24. The Morgan fingerprint density at radius 2 is 1.73 bits per heavy atom. The Morgan fingerprint density at radius 3 is 2.35 bits per heavy atom. The minimum absolute atomic E-state index is 0.142. The maximum Gasteiger partial charge on any atom is 0.257 e. The summed E-state index contributed by atoms with van der Waals surface area (Å²) in [6.45, 7) is 0. The highest BCUT2D eigenvalue weighted by atomic mass is 35.5. The van der Waals surface area contributed by atoms with Crippen molar-refractivity contribution in [3.8, 4) is 0 Å². The summed E-state index contributed by atoms with van der Waals surface area (Å²) in [7, 11) is 3.74. The van der Waals surface area contributed by atoms with Gasteiger partial charge in [-0.05, 0) is 49.2 Å². The first kappa shape index (κ1) is 18.5. The molecule has 2 aromatic rings. The molecule has 26 heavy (non-hydrogen) atoms. The van der Waals surface area contributed by atoms with Crippen LogP contribution in [0.2, 0.25) is 10.0 Å². The van der Waals surface area contributed by atoms with Crippen LogP contribution in [0.3, 0.4) is 0 Å². The maximum absolute atomic E-state index is 12.5. The fourth-order valence-corrected chi connectivity index (χ4v) is 3.04. The molecular formula is C19H19Cl2N3O2. The summed E-state index contributed by atoms with van der Waals surface area (Å²) in [6.07, 6.45) is 2.02. The number of nitrogens with one attached hydrogen (secondary N) is 2. The van der Waals surface area contributed by atoms with Crippen LogP contribution in [-0.4, -0.2) is 32.0 Å². The summed E-state index contributed by atoms with van der Waals surface area (Å²) in [4.78, 5) is 26.9. The largest absolute Gasteiger partial charge is 0.377 e. The molecule has 2 aromatic carbocycles. The number of hydrogen-bond donors (Lipinski definition) is 2. The molecule has 0 heterocycles. The van der Waals surface area contributed by atoms with E-state index in [-0.39, 0.29) is 22.9 Å². The van der Waals surface area contributed by atoms with Gasteiger partial charge in [0.15, 0.2) is 0 Å². The number of nitrogens with zero attached hydrogens (tertiary/aromatic N) is 1. The molecule has 0 atom stereocenters. The van der Waals surface area contributed by atoms with Gasteiger partial charge in [0.25, 0.3) is 11.8 Å². The lowest BCUT2D eigenvalue weighted by molar-refractivity contribution is 0.0950. The summed E-state index contributed by atoms with van der Waals surface area (Å²) >= 11 is 12.0. The van der Waals surface area contributed by atoms with Gasteiger partial charge in [-0.2, -0.15) is 0 Å². The molecule has 3 rings (SSSR count). The summed E-state index contributed by atoms with van der Waals surface area (Å²) < 4.78 is 0. The Bertz CT molecular complexity index is 864. The molecule has 0 unspecified atom stereocenters. The Balaban J connectivity index is 1.85. The third kappa shape index (κ3) is 4.29. The predicted molar refractivity (Wildman–Crippen MR) is 106 cm³/mol. The molecule has 0 aliphatic heterocycles. The zero-order chi connectivity index (χ0) is 18.8. The van der Waals surface area contributed by atoms with Crippen LogP contribution < -0.4 is 15.5 Å². The third-order valence-corrected chi connectivity index (χ3v) is 4.62. The highest BCUT2D eigenvalue weighted by Gasteiger charge is 2.25. The van der Waals surface area contributed by atoms with Crippen molar-refractivity contribution in [2.75, 3.05) is 24.3 Å². The van der Waals surface area contributed by atoms with Crippen molar-refractivity contribution < 1.29 is 9.59 Å². The van der Waals surface area contributed by atoms with E-state index in [4.69, 9.17) is 23.2 Å². The number of amides is 2. The zero-order valence-corrected chi connectivity index (χ0v) is 16.0. The van der Waals surface area contributed by atoms with E-state index in [1.54, 1.807) is 30.3 Å². The molecule has 0 saturated heterocycles. The van der Waals surface area contributed by atoms with Crippen molar-refractivity contribution in [3.05, 3.63) is 57.6 Å². The Morgan fingerprint density at radius 1 is 1.00 bits per heavy atom. The summed E-state index contributed by atoms with van der Waals surface area (Å²) in [5, 5.41) is 6.49. The average molecular weight is 392 g/mol. The fraction of sp³-hybridized carbons (Fsp3) is 0.263. The summed E-state index contributed by atoms with van der Waals surface area (Å²) in [6, 6.07) is 10.2.